The number of nitrogens with zero attached hydrogens (tertiary/aromatic N) is 2. The van der Waals surface area contributed by atoms with Crippen LogP contribution in [0.1, 0.15) is 89.6 Å². The van der Waals surface area contributed by atoms with Crippen LogP contribution in [0.15, 0.2) is 125 Å². The molecule has 2 aliphatic carbocycles. The van der Waals surface area contributed by atoms with Crippen molar-refractivity contribution in [3.63, 3.8) is 0 Å². The SMILES string of the molecule is CC(/N=C(\N=C(/N)C1=CC=CCC1)c1ccccc1)c1ccc(-c2ccc3c(c2B2OC(C)(C)C(C)(C)O2)-c2ccccc2C3(C)C)cc1. The van der Waals surface area contributed by atoms with Crippen molar-refractivity contribution in [2.45, 2.75) is 84.0 Å². The summed E-state index contributed by atoms with van der Waals surface area (Å²) < 4.78 is 13.5. The average molecular weight is 648 g/mol. The van der Waals surface area contributed by atoms with E-state index in [4.69, 9.17) is 25.0 Å². The van der Waals surface area contributed by atoms with Gasteiger partial charge in [0.25, 0.3) is 0 Å². The summed E-state index contributed by atoms with van der Waals surface area (Å²) in [4.78, 5) is 9.98. The fourth-order valence-electron chi connectivity index (χ4n) is 7.24. The molecule has 1 unspecified atom stereocenters. The molecule has 5 nitrogen and oxygen atoms in total. The van der Waals surface area contributed by atoms with Crippen molar-refractivity contribution >= 4 is 24.3 Å². The summed E-state index contributed by atoms with van der Waals surface area (Å²) in [6, 6.07) is 32.0. The highest BCUT2D eigenvalue weighted by Crippen LogP contribution is 2.50. The Balaban J connectivity index is 1.29. The van der Waals surface area contributed by atoms with E-state index in [1.165, 1.54) is 22.3 Å². The third-order valence-corrected chi connectivity index (χ3v) is 10.9. The van der Waals surface area contributed by atoms with Gasteiger partial charge in [0, 0.05) is 11.0 Å². The predicted molar refractivity (Wildman–Crippen MR) is 205 cm³/mol. The lowest BCUT2D eigenvalue weighted by Crippen LogP contribution is -2.41. The lowest BCUT2D eigenvalue weighted by molar-refractivity contribution is 0.00578. The lowest BCUT2D eigenvalue weighted by atomic mass is 9.69. The molecule has 248 valence electrons. The zero-order valence-corrected chi connectivity index (χ0v) is 29.7. The number of rotatable bonds is 6. The van der Waals surface area contributed by atoms with Crippen LogP contribution in [-0.2, 0) is 14.7 Å². The van der Waals surface area contributed by atoms with E-state index in [1.807, 2.05) is 42.5 Å². The van der Waals surface area contributed by atoms with E-state index in [-0.39, 0.29) is 11.5 Å². The molecule has 1 fully saturated rings. The highest BCUT2D eigenvalue weighted by molar-refractivity contribution is 6.66. The summed E-state index contributed by atoms with van der Waals surface area (Å²) in [5.41, 5.74) is 17.0. The van der Waals surface area contributed by atoms with Gasteiger partial charge in [-0.25, -0.2) is 4.99 Å². The van der Waals surface area contributed by atoms with E-state index in [2.05, 4.69) is 115 Å². The number of hydrogen-bond acceptors (Lipinski definition) is 3. The summed E-state index contributed by atoms with van der Waals surface area (Å²) in [6.07, 6.45) is 8.08. The number of benzene rings is 4. The third-order valence-electron chi connectivity index (χ3n) is 10.9. The fraction of sp³-hybridized carbons (Fsp3) is 0.302. The smallest absolute Gasteiger partial charge is 0.399 e. The van der Waals surface area contributed by atoms with E-state index in [1.54, 1.807) is 0 Å². The van der Waals surface area contributed by atoms with Crippen LogP contribution in [0.2, 0.25) is 0 Å². The molecule has 1 saturated heterocycles. The molecule has 0 aromatic heterocycles. The van der Waals surface area contributed by atoms with Gasteiger partial charge in [-0.05, 0) is 97.4 Å². The minimum Gasteiger partial charge on any atom is -0.399 e. The van der Waals surface area contributed by atoms with Crippen LogP contribution in [-0.4, -0.2) is 30.0 Å². The summed E-state index contributed by atoms with van der Waals surface area (Å²) >= 11 is 0. The second-order valence-electron chi connectivity index (χ2n) is 15.0. The molecule has 3 aliphatic rings. The minimum absolute atomic E-state index is 0.132. The molecule has 1 aliphatic heterocycles. The number of fused-ring (bicyclic) bond motifs is 3. The van der Waals surface area contributed by atoms with Gasteiger partial charge in [0.15, 0.2) is 5.84 Å². The van der Waals surface area contributed by atoms with Gasteiger partial charge in [-0.2, -0.15) is 0 Å². The second-order valence-corrected chi connectivity index (χ2v) is 15.0. The molecule has 0 radical (unpaired) electrons. The largest absolute Gasteiger partial charge is 0.496 e. The topological polar surface area (TPSA) is 69.2 Å². The highest BCUT2D eigenvalue weighted by atomic mass is 16.7. The van der Waals surface area contributed by atoms with Crippen molar-refractivity contribution in [2.75, 3.05) is 0 Å². The van der Waals surface area contributed by atoms with Gasteiger partial charge < -0.3 is 15.0 Å². The van der Waals surface area contributed by atoms with Crippen molar-refractivity contribution in [1.82, 2.24) is 0 Å². The lowest BCUT2D eigenvalue weighted by Gasteiger charge is -2.32. The number of hydrogen-bond donors (Lipinski definition) is 1. The van der Waals surface area contributed by atoms with Gasteiger partial charge in [0.05, 0.1) is 17.2 Å². The number of allylic oxidation sites excluding steroid dienone is 3. The maximum absolute atomic E-state index is 6.77. The van der Waals surface area contributed by atoms with Crippen LogP contribution in [0.5, 0.6) is 0 Å². The first-order valence-electron chi connectivity index (χ1n) is 17.4. The maximum Gasteiger partial charge on any atom is 0.496 e. The van der Waals surface area contributed by atoms with E-state index in [9.17, 15) is 0 Å². The Labute approximate surface area is 291 Å². The monoisotopic (exact) mass is 647 g/mol. The Morgan fingerprint density at radius 2 is 1.45 bits per heavy atom. The van der Waals surface area contributed by atoms with Crippen LogP contribution in [0.25, 0.3) is 22.3 Å². The molecule has 1 atom stereocenters. The van der Waals surface area contributed by atoms with Gasteiger partial charge in [0.2, 0.25) is 0 Å². The second kappa shape index (κ2) is 12.4. The van der Waals surface area contributed by atoms with Gasteiger partial charge in [-0.15, -0.1) is 0 Å². The predicted octanol–water partition coefficient (Wildman–Crippen LogP) is 9.10. The molecule has 0 spiro atoms. The zero-order chi connectivity index (χ0) is 34.6. The Hall–Kier alpha value is -4.52. The summed E-state index contributed by atoms with van der Waals surface area (Å²) in [5, 5.41) is 0. The standard InChI is InChI=1S/C43H46BN3O2/c1-28(46-40(32-18-12-9-13-19-32)47-39(45)31-16-10-8-11-17-31)29-22-24-30(25-23-29)33-26-27-36-37(34-20-14-15-21-35(34)41(36,2)3)38(33)44-48-42(4,5)43(6,7)49-44/h8-10,12-16,18-28H,11,17H2,1-7H3,(H2,45,46,47). The first-order chi connectivity index (χ1) is 23.4. The molecule has 0 bridgehead atoms. The van der Waals surface area contributed by atoms with Crippen LogP contribution >= 0.6 is 0 Å². The quantitative estimate of drug-likeness (QED) is 0.129. The number of amidine groups is 2. The van der Waals surface area contributed by atoms with Gasteiger partial charge in [0.1, 0.15) is 5.84 Å². The Morgan fingerprint density at radius 3 is 2.12 bits per heavy atom. The summed E-state index contributed by atoms with van der Waals surface area (Å²) in [7, 11) is -0.508. The first kappa shape index (κ1) is 33.0. The van der Waals surface area contributed by atoms with Crippen molar-refractivity contribution in [2.24, 2.45) is 15.7 Å². The highest BCUT2D eigenvalue weighted by Gasteiger charge is 2.54. The molecule has 4 aromatic carbocycles. The van der Waals surface area contributed by atoms with Crippen LogP contribution in [0.3, 0.4) is 0 Å². The van der Waals surface area contributed by atoms with Crippen molar-refractivity contribution < 1.29 is 9.31 Å². The van der Waals surface area contributed by atoms with Gasteiger partial charge in [-0.3, -0.25) is 4.99 Å². The van der Waals surface area contributed by atoms with Crippen LogP contribution < -0.4 is 11.2 Å². The fourth-order valence-corrected chi connectivity index (χ4v) is 7.24. The normalized spacial score (nSPS) is 19.7. The molecule has 6 heteroatoms. The van der Waals surface area contributed by atoms with E-state index < -0.39 is 18.3 Å². The molecule has 0 amide bonds. The summed E-state index contributed by atoms with van der Waals surface area (Å²) in [5.74, 6) is 1.15. The Kier molecular flexibility index (Phi) is 8.37. The zero-order valence-electron chi connectivity index (χ0n) is 29.7. The minimum atomic E-state index is -0.508. The van der Waals surface area contributed by atoms with E-state index >= 15 is 0 Å². The molecule has 1 heterocycles. The average Bonchev–Trinajstić information content (AvgIpc) is 3.47. The number of nitrogens with two attached hydrogens (primary N) is 1. The molecule has 0 saturated carbocycles. The Bertz CT molecular complexity index is 2000. The van der Waals surface area contributed by atoms with E-state index in [0.29, 0.717) is 11.7 Å². The van der Waals surface area contributed by atoms with E-state index in [0.717, 1.165) is 46.1 Å². The maximum atomic E-state index is 6.77. The van der Waals surface area contributed by atoms with Crippen molar-refractivity contribution in [1.29, 1.82) is 0 Å². The molecular formula is C43H46BN3O2. The van der Waals surface area contributed by atoms with Crippen molar-refractivity contribution in [3.8, 4) is 22.3 Å². The molecule has 4 aromatic rings. The molecule has 7 rings (SSSR count). The van der Waals surface area contributed by atoms with Gasteiger partial charge >= 0.3 is 7.12 Å². The summed E-state index contributed by atoms with van der Waals surface area (Å²) in [6.45, 7) is 15.2. The first-order valence-corrected chi connectivity index (χ1v) is 17.4. The Morgan fingerprint density at radius 1 is 0.776 bits per heavy atom. The third kappa shape index (κ3) is 5.91. The van der Waals surface area contributed by atoms with Crippen LogP contribution in [0, 0.1) is 0 Å². The van der Waals surface area contributed by atoms with Gasteiger partial charge in [-0.1, -0.05) is 123 Å². The molecule has 2 N–H and O–H groups in total. The molecular weight excluding hydrogens is 601 g/mol. The number of aliphatic imine (C=N–C) groups is 2. The van der Waals surface area contributed by atoms with Crippen molar-refractivity contribution in [3.05, 3.63) is 137 Å². The molecule has 49 heavy (non-hydrogen) atoms. The van der Waals surface area contributed by atoms with Crippen LogP contribution in [0.4, 0.5) is 0 Å².